The van der Waals surface area contributed by atoms with Gasteiger partial charge in [-0.1, -0.05) is 0 Å². The number of nitrogen functional groups attached to an aromatic ring is 1. The molecule has 3 nitrogen and oxygen atoms in total. The van der Waals surface area contributed by atoms with Crippen molar-refractivity contribution in [1.29, 1.82) is 0 Å². The van der Waals surface area contributed by atoms with Crippen LogP contribution in [0.25, 0.3) is 0 Å². The first kappa shape index (κ1) is 10.9. The Morgan fingerprint density at radius 1 is 1.25 bits per heavy atom. The molecule has 0 fully saturated rings. The molecule has 0 atom stereocenters. The largest absolute Gasteiger partial charge is 0.399 e. The maximum Gasteiger partial charge on any atom is 0.111 e. The second-order valence-corrected chi connectivity index (χ2v) is 2.52. The molecule has 12 heavy (non-hydrogen) atoms. The van der Waals surface area contributed by atoms with E-state index in [1.165, 1.54) is 0 Å². The Kier molecular flexibility index (Phi) is 3.70. The van der Waals surface area contributed by atoms with Crippen molar-refractivity contribution in [2.24, 2.45) is 5.18 Å². The van der Waals surface area contributed by atoms with E-state index in [1.54, 1.807) is 12.1 Å². The summed E-state index contributed by atoms with van der Waals surface area (Å²) in [7, 11) is 0. The molecular formula is C8H11ClN2O. The van der Waals surface area contributed by atoms with Gasteiger partial charge < -0.3 is 5.73 Å². The molecule has 0 aliphatic rings. The summed E-state index contributed by atoms with van der Waals surface area (Å²) in [6.07, 6.45) is 0. The smallest absolute Gasteiger partial charge is 0.111 e. The molecule has 1 aromatic rings. The van der Waals surface area contributed by atoms with Crippen LogP contribution in [0.1, 0.15) is 11.1 Å². The summed E-state index contributed by atoms with van der Waals surface area (Å²) in [4.78, 5) is 10.2. The van der Waals surface area contributed by atoms with Crippen molar-refractivity contribution in [3.63, 3.8) is 0 Å². The fourth-order valence-corrected chi connectivity index (χ4v) is 0.926. The van der Waals surface area contributed by atoms with Crippen LogP contribution in [0, 0.1) is 18.8 Å². The number of hydrogen-bond donors (Lipinski definition) is 1. The highest BCUT2D eigenvalue weighted by Gasteiger charge is 2.02. The van der Waals surface area contributed by atoms with Gasteiger partial charge in [0, 0.05) is 5.69 Å². The van der Waals surface area contributed by atoms with Gasteiger partial charge in [0.15, 0.2) is 0 Å². The van der Waals surface area contributed by atoms with E-state index in [-0.39, 0.29) is 12.4 Å². The zero-order chi connectivity index (χ0) is 8.43. The quantitative estimate of drug-likeness (QED) is 0.542. The third-order valence-electron chi connectivity index (χ3n) is 1.90. The molecule has 0 spiro atoms. The minimum absolute atomic E-state index is 0. The summed E-state index contributed by atoms with van der Waals surface area (Å²) in [5.74, 6) is 0. The van der Waals surface area contributed by atoms with Gasteiger partial charge in [0.2, 0.25) is 0 Å². The zero-order valence-electron chi connectivity index (χ0n) is 7.00. The fraction of sp³-hybridized carbons (Fsp3) is 0.250. The van der Waals surface area contributed by atoms with Crippen LogP contribution in [0.5, 0.6) is 0 Å². The lowest BCUT2D eigenvalue weighted by atomic mass is 10.1. The van der Waals surface area contributed by atoms with E-state index < -0.39 is 0 Å². The van der Waals surface area contributed by atoms with Crippen LogP contribution in [0.2, 0.25) is 0 Å². The number of anilines is 1. The van der Waals surface area contributed by atoms with Gasteiger partial charge in [0.05, 0.1) is 0 Å². The Bertz CT molecular complexity index is 299. The Labute approximate surface area is 77.3 Å². The lowest BCUT2D eigenvalue weighted by Crippen LogP contribution is -1.91. The predicted molar refractivity (Wildman–Crippen MR) is 53.0 cm³/mol. The minimum Gasteiger partial charge on any atom is -0.399 e. The number of rotatable bonds is 1. The summed E-state index contributed by atoms with van der Waals surface area (Å²) in [6.45, 7) is 3.71. The molecule has 0 amide bonds. The molecule has 2 N–H and O–H groups in total. The van der Waals surface area contributed by atoms with Gasteiger partial charge >= 0.3 is 0 Å². The Morgan fingerprint density at radius 3 is 2.33 bits per heavy atom. The molecule has 0 saturated carbocycles. The van der Waals surface area contributed by atoms with E-state index in [2.05, 4.69) is 5.18 Å². The van der Waals surface area contributed by atoms with E-state index in [9.17, 15) is 4.91 Å². The van der Waals surface area contributed by atoms with Crippen molar-refractivity contribution in [2.75, 3.05) is 5.73 Å². The SMILES string of the molecule is Cc1c(N)ccc(N=O)c1C.Cl. The van der Waals surface area contributed by atoms with E-state index in [4.69, 9.17) is 5.73 Å². The van der Waals surface area contributed by atoms with Crippen molar-refractivity contribution >= 4 is 23.8 Å². The van der Waals surface area contributed by atoms with Crippen molar-refractivity contribution < 1.29 is 0 Å². The fourth-order valence-electron chi connectivity index (χ4n) is 0.926. The molecule has 4 heteroatoms. The molecule has 0 saturated heterocycles. The maximum atomic E-state index is 10.2. The Morgan fingerprint density at radius 2 is 1.83 bits per heavy atom. The highest BCUT2D eigenvalue weighted by Crippen LogP contribution is 2.25. The molecule has 66 valence electrons. The molecule has 1 aromatic carbocycles. The van der Waals surface area contributed by atoms with Crippen molar-refractivity contribution in [2.45, 2.75) is 13.8 Å². The minimum atomic E-state index is 0. The first-order valence-electron chi connectivity index (χ1n) is 3.36. The molecule has 0 heterocycles. The van der Waals surface area contributed by atoms with E-state index >= 15 is 0 Å². The van der Waals surface area contributed by atoms with Gasteiger partial charge in [0.1, 0.15) is 5.69 Å². The number of nitrogens with zero attached hydrogens (tertiary/aromatic N) is 1. The van der Waals surface area contributed by atoms with Crippen LogP contribution in [-0.4, -0.2) is 0 Å². The number of halogens is 1. The molecular weight excluding hydrogens is 176 g/mol. The summed E-state index contributed by atoms with van der Waals surface area (Å²) in [6, 6.07) is 3.32. The van der Waals surface area contributed by atoms with Crippen LogP contribution in [0.15, 0.2) is 17.3 Å². The monoisotopic (exact) mass is 186 g/mol. The van der Waals surface area contributed by atoms with Crippen LogP contribution >= 0.6 is 12.4 Å². The third-order valence-corrected chi connectivity index (χ3v) is 1.90. The van der Waals surface area contributed by atoms with Gasteiger partial charge in [-0.15, -0.1) is 17.3 Å². The number of nitrogens with two attached hydrogens (primary N) is 1. The molecule has 0 aliphatic heterocycles. The normalized spacial score (nSPS) is 8.83. The van der Waals surface area contributed by atoms with Gasteiger partial charge in [-0.2, -0.15) is 0 Å². The van der Waals surface area contributed by atoms with E-state index in [0.29, 0.717) is 11.4 Å². The molecule has 0 aromatic heterocycles. The Hall–Kier alpha value is -1.09. The van der Waals surface area contributed by atoms with E-state index in [0.717, 1.165) is 11.1 Å². The summed E-state index contributed by atoms with van der Waals surface area (Å²) in [5.41, 5.74) is 8.57. The lowest BCUT2D eigenvalue weighted by molar-refractivity contribution is 1.31. The lowest BCUT2D eigenvalue weighted by Gasteiger charge is -2.04. The van der Waals surface area contributed by atoms with Gasteiger partial charge in [0.25, 0.3) is 0 Å². The third kappa shape index (κ3) is 1.74. The molecule has 1 rings (SSSR count). The maximum absolute atomic E-state index is 10.2. The van der Waals surface area contributed by atoms with Crippen molar-refractivity contribution in [3.05, 3.63) is 28.2 Å². The standard InChI is InChI=1S/C8H10N2O.ClH/c1-5-6(2)8(10-11)4-3-7(5)9;/h3-4H,9H2,1-2H3;1H. The predicted octanol–water partition coefficient (Wildman–Crippen LogP) is 2.71. The average Bonchev–Trinajstić information content (AvgIpc) is 2.01. The molecule has 0 bridgehead atoms. The second kappa shape index (κ2) is 4.07. The number of nitroso groups, excluding NO2 is 1. The van der Waals surface area contributed by atoms with Gasteiger partial charge in [-0.05, 0) is 42.3 Å². The Balaban J connectivity index is 0.00000121. The molecule has 0 radical (unpaired) electrons. The first-order chi connectivity index (χ1) is 5.16. The van der Waals surface area contributed by atoms with Crippen LogP contribution in [0.4, 0.5) is 11.4 Å². The molecule has 0 aliphatic carbocycles. The first-order valence-corrected chi connectivity index (χ1v) is 3.36. The van der Waals surface area contributed by atoms with Crippen LogP contribution < -0.4 is 5.73 Å². The second-order valence-electron chi connectivity index (χ2n) is 2.52. The average molecular weight is 187 g/mol. The zero-order valence-corrected chi connectivity index (χ0v) is 7.81. The summed E-state index contributed by atoms with van der Waals surface area (Å²) in [5, 5.41) is 2.87. The number of hydrogen-bond acceptors (Lipinski definition) is 3. The highest BCUT2D eigenvalue weighted by molar-refractivity contribution is 5.85. The van der Waals surface area contributed by atoms with Crippen LogP contribution in [0.3, 0.4) is 0 Å². The van der Waals surface area contributed by atoms with Crippen LogP contribution in [-0.2, 0) is 0 Å². The van der Waals surface area contributed by atoms with Crippen molar-refractivity contribution in [3.8, 4) is 0 Å². The van der Waals surface area contributed by atoms with Gasteiger partial charge in [-0.25, -0.2) is 0 Å². The number of benzene rings is 1. The van der Waals surface area contributed by atoms with Crippen molar-refractivity contribution in [1.82, 2.24) is 0 Å². The summed E-state index contributed by atoms with van der Waals surface area (Å²) < 4.78 is 0. The van der Waals surface area contributed by atoms with Gasteiger partial charge in [-0.3, -0.25) is 0 Å². The highest BCUT2D eigenvalue weighted by atomic mass is 35.5. The topological polar surface area (TPSA) is 55.4 Å². The van der Waals surface area contributed by atoms with E-state index in [1.807, 2.05) is 13.8 Å². The molecule has 0 unspecified atom stereocenters. The summed E-state index contributed by atoms with van der Waals surface area (Å²) >= 11 is 0.